The molecule has 7 nitrogen and oxygen atoms in total. The van der Waals surface area contributed by atoms with E-state index >= 15 is 0 Å². The van der Waals surface area contributed by atoms with E-state index in [1.807, 2.05) is 18.2 Å². The van der Waals surface area contributed by atoms with Crippen molar-refractivity contribution in [2.24, 2.45) is 0 Å². The first-order valence-corrected chi connectivity index (χ1v) is 12.7. The minimum absolute atomic E-state index is 0.0490. The van der Waals surface area contributed by atoms with Gasteiger partial charge in [-0.15, -0.1) is 0 Å². The van der Waals surface area contributed by atoms with Crippen molar-refractivity contribution in [3.8, 4) is 0 Å². The van der Waals surface area contributed by atoms with Crippen LogP contribution < -0.4 is 9.62 Å². The van der Waals surface area contributed by atoms with Gasteiger partial charge in [0.2, 0.25) is 0 Å². The topological polar surface area (TPSA) is 82.9 Å². The molecule has 174 valence electrons. The standard InChI is InChI=1S/C25H29N3O4S/c1-2-28(21-11-4-3-5-12-21)33(30,31)22-13-8-10-20(18-22)25(29)26-19-23(24-14-9-17-32-24)27-15-6-7-16-27/h3-5,8-14,17-18,23H,2,6-7,15-16,19H2,1H3,(H,26,29)/t23-/m0/s1. The molecule has 0 saturated carbocycles. The van der Waals surface area contributed by atoms with Gasteiger partial charge in [-0.2, -0.15) is 0 Å². The van der Waals surface area contributed by atoms with Gasteiger partial charge >= 0.3 is 0 Å². The average molecular weight is 468 g/mol. The zero-order valence-corrected chi connectivity index (χ0v) is 19.5. The number of benzene rings is 2. The third-order valence-electron chi connectivity index (χ3n) is 5.92. The second-order valence-corrected chi connectivity index (χ2v) is 9.88. The predicted octanol–water partition coefficient (Wildman–Crippen LogP) is 4.06. The highest BCUT2D eigenvalue weighted by Gasteiger charge is 2.27. The zero-order valence-electron chi connectivity index (χ0n) is 18.7. The van der Waals surface area contributed by atoms with Gasteiger partial charge in [-0.05, 0) is 75.3 Å². The summed E-state index contributed by atoms with van der Waals surface area (Å²) in [7, 11) is -3.81. The first-order chi connectivity index (χ1) is 16.0. The molecule has 33 heavy (non-hydrogen) atoms. The molecule has 1 saturated heterocycles. The molecule has 1 aliphatic heterocycles. The first kappa shape index (κ1) is 23.1. The quantitative estimate of drug-likeness (QED) is 0.513. The Bertz CT molecular complexity index is 1160. The van der Waals surface area contributed by atoms with E-state index in [9.17, 15) is 13.2 Å². The lowest BCUT2D eigenvalue weighted by atomic mass is 10.1. The highest BCUT2D eigenvalue weighted by molar-refractivity contribution is 7.92. The van der Waals surface area contributed by atoms with Gasteiger partial charge in [0.15, 0.2) is 0 Å². The third kappa shape index (κ3) is 5.12. The Morgan fingerprint density at radius 1 is 1.06 bits per heavy atom. The molecule has 3 aromatic rings. The molecule has 1 atom stereocenters. The second kappa shape index (κ2) is 10.2. The molecule has 1 N–H and O–H groups in total. The third-order valence-corrected chi connectivity index (χ3v) is 7.82. The van der Waals surface area contributed by atoms with Crippen LogP contribution in [0.2, 0.25) is 0 Å². The number of nitrogens with one attached hydrogen (secondary N) is 1. The number of likely N-dealkylation sites (tertiary alicyclic amines) is 1. The summed E-state index contributed by atoms with van der Waals surface area (Å²) < 4.78 is 33.6. The summed E-state index contributed by atoms with van der Waals surface area (Å²) in [5.74, 6) is 0.500. The summed E-state index contributed by atoms with van der Waals surface area (Å²) in [6, 6.07) is 18.9. The van der Waals surface area contributed by atoms with Crippen LogP contribution in [0, 0.1) is 0 Å². The largest absolute Gasteiger partial charge is 0.468 e. The van der Waals surface area contributed by atoms with Crippen molar-refractivity contribution in [1.82, 2.24) is 10.2 Å². The summed E-state index contributed by atoms with van der Waals surface area (Å²) in [5.41, 5.74) is 0.890. The molecular formula is C25H29N3O4S. The lowest BCUT2D eigenvalue weighted by molar-refractivity contribution is 0.0933. The van der Waals surface area contributed by atoms with Gasteiger partial charge in [0.25, 0.3) is 15.9 Å². The maximum Gasteiger partial charge on any atom is 0.264 e. The normalized spacial score (nSPS) is 15.3. The molecule has 0 radical (unpaired) electrons. The molecule has 0 spiro atoms. The summed E-state index contributed by atoms with van der Waals surface area (Å²) in [6.45, 7) is 4.37. The van der Waals surface area contributed by atoms with Crippen molar-refractivity contribution in [3.05, 3.63) is 84.3 Å². The molecule has 1 aromatic heterocycles. The first-order valence-electron chi connectivity index (χ1n) is 11.2. The van der Waals surface area contributed by atoms with Crippen LogP contribution in [0.1, 0.15) is 41.9 Å². The molecule has 1 aliphatic rings. The van der Waals surface area contributed by atoms with E-state index in [4.69, 9.17) is 4.42 Å². The fraction of sp³-hybridized carbons (Fsp3) is 0.320. The highest BCUT2D eigenvalue weighted by Crippen LogP contribution is 2.26. The lowest BCUT2D eigenvalue weighted by Crippen LogP contribution is -2.36. The second-order valence-electron chi connectivity index (χ2n) is 8.02. The number of amides is 1. The number of hydrogen-bond donors (Lipinski definition) is 1. The van der Waals surface area contributed by atoms with Crippen molar-refractivity contribution >= 4 is 21.6 Å². The number of carbonyl (C=O) groups excluding carboxylic acids is 1. The van der Waals surface area contributed by atoms with E-state index in [2.05, 4.69) is 10.2 Å². The Balaban J connectivity index is 1.51. The van der Waals surface area contributed by atoms with Crippen molar-refractivity contribution in [1.29, 1.82) is 0 Å². The summed E-state index contributed by atoms with van der Waals surface area (Å²) in [5, 5.41) is 2.97. The molecule has 8 heteroatoms. The SMILES string of the molecule is CCN(c1ccccc1)S(=O)(=O)c1cccc(C(=O)NC[C@@H](c2ccco2)N2CCCC2)c1. The van der Waals surface area contributed by atoms with Crippen LogP contribution in [0.4, 0.5) is 5.69 Å². The molecule has 0 unspecified atom stereocenters. The Morgan fingerprint density at radius 3 is 2.48 bits per heavy atom. The van der Waals surface area contributed by atoms with Crippen LogP contribution in [0.5, 0.6) is 0 Å². The van der Waals surface area contributed by atoms with Crippen LogP contribution in [-0.2, 0) is 10.0 Å². The monoisotopic (exact) mass is 467 g/mol. The predicted molar refractivity (Wildman–Crippen MR) is 128 cm³/mol. The summed E-state index contributed by atoms with van der Waals surface area (Å²) >= 11 is 0. The molecule has 2 heterocycles. The minimum atomic E-state index is -3.81. The van der Waals surface area contributed by atoms with E-state index in [1.165, 1.54) is 16.4 Å². The molecule has 4 rings (SSSR count). The van der Waals surface area contributed by atoms with Crippen molar-refractivity contribution in [2.75, 3.05) is 30.5 Å². The van der Waals surface area contributed by atoms with Gasteiger partial charge in [0.05, 0.1) is 22.9 Å². The number of sulfonamides is 1. The van der Waals surface area contributed by atoms with Crippen LogP contribution >= 0.6 is 0 Å². The Hall–Kier alpha value is -3.10. The number of furan rings is 1. The van der Waals surface area contributed by atoms with Crippen LogP contribution in [-0.4, -0.2) is 45.4 Å². The van der Waals surface area contributed by atoms with Gasteiger partial charge in [-0.3, -0.25) is 14.0 Å². The van der Waals surface area contributed by atoms with Gasteiger partial charge in [0, 0.05) is 18.7 Å². The molecule has 0 bridgehead atoms. The van der Waals surface area contributed by atoms with Crippen molar-refractivity contribution in [3.63, 3.8) is 0 Å². The fourth-order valence-corrected chi connectivity index (χ4v) is 5.77. The van der Waals surface area contributed by atoms with E-state index in [-0.39, 0.29) is 23.4 Å². The van der Waals surface area contributed by atoms with Crippen molar-refractivity contribution in [2.45, 2.75) is 30.7 Å². The smallest absolute Gasteiger partial charge is 0.264 e. The molecule has 1 fully saturated rings. The molecule has 0 aliphatic carbocycles. The van der Waals surface area contributed by atoms with Gasteiger partial charge in [-0.25, -0.2) is 8.42 Å². The fourth-order valence-electron chi connectivity index (χ4n) is 4.25. The summed E-state index contributed by atoms with van der Waals surface area (Å²) in [4.78, 5) is 15.3. The Labute approximate surface area is 195 Å². The minimum Gasteiger partial charge on any atom is -0.468 e. The van der Waals surface area contributed by atoms with Crippen LogP contribution in [0.15, 0.2) is 82.3 Å². The van der Waals surface area contributed by atoms with Gasteiger partial charge in [-0.1, -0.05) is 24.3 Å². The highest BCUT2D eigenvalue weighted by atomic mass is 32.2. The number of rotatable bonds is 9. The average Bonchev–Trinajstić information content (AvgIpc) is 3.55. The zero-order chi connectivity index (χ0) is 23.3. The maximum absolute atomic E-state index is 13.3. The molecule has 1 amide bonds. The van der Waals surface area contributed by atoms with E-state index < -0.39 is 10.0 Å². The lowest BCUT2D eigenvalue weighted by Gasteiger charge is -2.26. The van der Waals surface area contributed by atoms with Gasteiger partial charge in [0.1, 0.15) is 5.76 Å². The van der Waals surface area contributed by atoms with E-state index in [0.717, 1.165) is 31.7 Å². The summed E-state index contributed by atoms with van der Waals surface area (Å²) in [6.07, 6.45) is 3.89. The van der Waals surface area contributed by atoms with Gasteiger partial charge < -0.3 is 9.73 Å². The van der Waals surface area contributed by atoms with E-state index in [1.54, 1.807) is 49.6 Å². The molecular weight excluding hydrogens is 438 g/mol. The number of para-hydroxylation sites is 1. The number of hydrogen-bond acceptors (Lipinski definition) is 5. The number of nitrogens with zero attached hydrogens (tertiary/aromatic N) is 2. The van der Waals surface area contributed by atoms with E-state index in [0.29, 0.717) is 17.8 Å². The number of anilines is 1. The van der Waals surface area contributed by atoms with Crippen LogP contribution in [0.3, 0.4) is 0 Å². The van der Waals surface area contributed by atoms with Crippen molar-refractivity contribution < 1.29 is 17.6 Å². The Kier molecular flexibility index (Phi) is 7.15. The number of carbonyl (C=O) groups is 1. The molecule has 2 aromatic carbocycles. The van der Waals surface area contributed by atoms with Crippen LogP contribution in [0.25, 0.3) is 0 Å². The Morgan fingerprint density at radius 2 is 1.82 bits per heavy atom. The maximum atomic E-state index is 13.3.